The second-order valence-corrected chi connectivity index (χ2v) is 10.6. The molecule has 32 heavy (non-hydrogen) atoms. The van der Waals surface area contributed by atoms with Gasteiger partial charge in [-0.2, -0.15) is 0 Å². The molecule has 4 heterocycles. The van der Waals surface area contributed by atoms with Gasteiger partial charge in [-0.3, -0.25) is 19.1 Å². The van der Waals surface area contributed by atoms with Crippen molar-refractivity contribution in [2.45, 2.75) is 20.4 Å². The molecule has 6 nitrogen and oxygen atoms in total. The van der Waals surface area contributed by atoms with Crippen molar-refractivity contribution in [2.24, 2.45) is 0 Å². The third-order valence-corrected chi connectivity index (χ3v) is 8.72. The van der Waals surface area contributed by atoms with Crippen LogP contribution < -0.4 is 14.8 Å². The van der Waals surface area contributed by atoms with E-state index in [9.17, 15) is 9.59 Å². The van der Waals surface area contributed by atoms with Crippen LogP contribution in [0.4, 0.5) is 0 Å². The van der Waals surface area contributed by atoms with Crippen molar-refractivity contribution in [1.82, 2.24) is 14.5 Å². The van der Waals surface area contributed by atoms with E-state index in [0.29, 0.717) is 43.0 Å². The highest BCUT2D eigenvalue weighted by Gasteiger charge is 2.32. The van der Waals surface area contributed by atoms with Gasteiger partial charge < -0.3 is 4.42 Å². The summed E-state index contributed by atoms with van der Waals surface area (Å²) in [5.74, 6) is 0.418. The van der Waals surface area contributed by atoms with E-state index < -0.39 is 0 Å². The van der Waals surface area contributed by atoms with Crippen LogP contribution in [0.3, 0.4) is 0 Å². The fourth-order valence-corrected chi connectivity index (χ4v) is 7.06. The number of rotatable bonds is 4. The summed E-state index contributed by atoms with van der Waals surface area (Å²) < 4.78 is 10.1. The number of carbonyl (C=O) groups excluding carboxylic acids is 1. The normalized spacial score (nSPS) is 16.7. The van der Waals surface area contributed by atoms with Crippen molar-refractivity contribution in [3.8, 4) is 10.6 Å². The summed E-state index contributed by atoms with van der Waals surface area (Å²) in [6, 6.07) is 11.8. The Morgan fingerprint density at radius 3 is 2.56 bits per heavy atom. The number of aromatic nitrogens is 2. The molecule has 1 saturated heterocycles. The van der Waals surface area contributed by atoms with Crippen molar-refractivity contribution in [3.63, 3.8) is 0 Å². The summed E-state index contributed by atoms with van der Waals surface area (Å²) >= 11 is 9.41. The summed E-state index contributed by atoms with van der Waals surface area (Å²) in [7, 11) is 0. The number of benzene rings is 1. The SMILES string of the molecule is CCN1C(=O)/C(=c2\s/c(=C/c3cc4sc(-c5ccccc5)nc4o3)c(=O)n2CC)SC1=S. The maximum absolute atomic E-state index is 13.0. The molecular formula is C22H17N3O3S4. The Balaban J connectivity index is 1.59. The van der Waals surface area contributed by atoms with Crippen LogP contribution in [0, 0.1) is 0 Å². The lowest BCUT2D eigenvalue weighted by Gasteiger charge is -2.09. The fraction of sp³-hybridized carbons (Fsp3) is 0.182. The first-order chi connectivity index (χ1) is 15.5. The number of hydrogen-bond donors (Lipinski definition) is 0. The minimum Gasteiger partial charge on any atom is -0.437 e. The van der Waals surface area contributed by atoms with Crippen LogP contribution in [0.25, 0.3) is 32.0 Å². The van der Waals surface area contributed by atoms with Crippen LogP contribution in [0.2, 0.25) is 0 Å². The Labute approximate surface area is 200 Å². The molecule has 1 amide bonds. The summed E-state index contributed by atoms with van der Waals surface area (Å²) in [5, 5.41) is 0.891. The summed E-state index contributed by atoms with van der Waals surface area (Å²) in [6.45, 7) is 4.74. The molecule has 1 aliphatic rings. The lowest BCUT2D eigenvalue weighted by molar-refractivity contribution is -0.120. The minimum absolute atomic E-state index is 0.145. The number of thiocarbonyl (C=S) groups is 1. The average Bonchev–Trinajstić information content (AvgIpc) is 3.50. The van der Waals surface area contributed by atoms with E-state index in [1.807, 2.05) is 50.2 Å². The van der Waals surface area contributed by atoms with E-state index in [2.05, 4.69) is 4.98 Å². The fourth-order valence-electron chi connectivity index (χ4n) is 3.43. The Bertz CT molecular complexity index is 1510. The highest BCUT2D eigenvalue weighted by atomic mass is 32.2. The first-order valence-corrected chi connectivity index (χ1v) is 12.8. The van der Waals surface area contributed by atoms with Gasteiger partial charge >= 0.3 is 0 Å². The number of carbonyl (C=O) groups is 1. The number of thioether (sulfide) groups is 1. The van der Waals surface area contributed by atoms with Gasteiger partial charge in [-0.15, -0.1) is 22.7 Å². The number of nitrogens with zero attached hydrogens (tertiary/aromatic N) is 3. The van der Waals surface area contributed by atoms with Gasteiger partial charge in [-0.25, -0.2) is 4.98 Å². The Kier molecular flexibility index (Phi) is 5.62. The van der Waals surface area contributed by atoms with Gasteiger partial charge in [0.05, 0.1) is 9.23 Å². The van der Waals surface area contributed by atoms with Crippen LogP contribution in [0.15, 0.2) is 45.6 Å². The second-order valence-electron chi connectivity index (χ2n) is 6.91. The molecule has 5 rings (SSSR count). The van der Waals surface area contributed by atoms with Crippen molar-refractivity contribution in [1.29, 1.82) is 0 Å². The van der Waals surface area contributed by atoms with Gasteiger partial charge in [0.2, 0.25) is 5.71 Å². The summed E-state index contributed by atoms with van der Waals surface area (Å²) in [4.78, 5) is 32.4. The zero-order chi connectivity index (χ0) is 22.4. The molecule has 1 aromatic carbocycles. The smallest absolute Gasteiger partial charge is 0.269 e. The largest absolute Gasteiger partial charge is 0.437 e. The standard InChI is InChI=1S/C22H17N3O3S4/c1-3-24-19(26)15(31-21(24)16-20(27)25(4-2)22(29)32-16)11-13-10-14-17(28-13)23-18(30-14)12-8-6-5-7-9-12/h5-11H,3-4H2,1-2H3/b15-11+,21-16+. The molecule has 0 saturated carbocycles. The average molecular weight is 500 g/mol. The monoisotopic (exact) mass is 499 g/mol. The van der Waals surface area contributed by atoms with E-state index >= 15 is 0 Å². The van der Waals surface area contributed by atoms with Crippen LogP contribution >= 0.6 is 46.7 Å². The van der Waals surface area contributed by atoms with Crippen LogP contribution in [0.1, 0.15) is 19.6 Å². The molecular weight excluding hydrogens is 483 g/mol. The van der Waals surface area contributed by atoms with E-state index in [0.717, 1.165) is 15.3 Å². The van der Waals surface area contributed by atoms with E-state index in [1.54, 1.807) is 26.9 Å². The topological polar surface area (TPSA) is 68.3 Å². The first kappa shape index (κ1) is 21.3. The van der Waals surface area contributed by atoms with Gasteiger partial charge in [0, 0.05) is 30.8 Å². The number of fused-ring (bicyclic) bond motifs is 1. The molecule has 0 bridgehead atoms. The van der Waals surface area contributed by atoms with E-state index in [-0.39, 0.29) is 11.5 Å². The second kappa shape index (κ2) is 8.43. The van der Waals surface area contributed by atoms with Gasteiger partial charge in [0.15, 0.2) is 0 Å². The van der Waals surface area contributed by atoms with Gasteiger partial charge in [0.1, 0.15) is 24.7 Å². The predicted molar refractivity (Wildman–Crippen MR) is 135 cm³/mol. The summed E-state index contributed by atoms with van der Waals surface area (Å²) in [5.41, 5.74) is 1.44. The van der Waals surface area contributed by atoms with Crippen LogP contribution in [-0.2, 0) is 11.3 Å². The highest BCUT2D eigenvalue weighted by molar-refractivity contribution is 8.30. The predicted octanol–water partition coefficient (Wildman–Crippen LogP) is 3.62. The quantitative estimate of drug-likeness (QED) is 0.400. The number of amides is 1. The van der Waals surface area contributed by atoms with Crippen molar-refractivity contribution in [3.05, 3.63) is 61.7 Å². The Morgan fingerprint density at radius 1 is 1.12 bits per heavy atom. The molecule has 4 aromatic rings. The zero-order valence-electron chi connectivity index (χ0n) is 17.2. The molecule has 0 unspecified atom stereocenters. The molecule has 162 valence electrons. The molecule has 0 spiro atoms. The van der Waals surface area contributed by atoms with Crippen molar-refractivity contribution < 1.29 is 9.21 Å². The molecule has 0 aliphatic carbocycles. The van der Waals surface area contributed by atoms with Gasteiger partial charge in [-0.05, 0) is 13.8 Å². The molecule has 0 radical (unpaired) electrons. The van der Waals surface area contributed by atoms with E-state index in [4.69, 9.17) is 16.6 Å². The number of hydrogen-bond acceptors (Lipinski definition) is 8. The molecule has 1 aliphatic heterocycles. The molecule has 10 heteroatoms. The lowest BCUT2D eigenvalue weighted by atomic mass is 10.2. The third kappa shape index (κ3) is 3.57. The van der Waals surface area contributed by atoms with Crippen molar-refractivity contribution in [2.75, 3.05) is 6.54 Å². The van der Waals surface area contributed by atoms with E-state index in [1.165, 1.54) is 23.1 Å². The first-order valence-electron chi connectivity index (χ1n) is 9.95. The summed E-state index contributed by atoms with van der Waals surface area (Å²) in [6.07, 6.45) is 1.72. The number of furan rings is 1. The highest BCUT2D eigenvalue weighted by Crippen LogP contribution is 2.32. The Hall–Kier alpha value is -2.53. The number of thiazole rings is 2. The maximum Gasteiger partial charge on any atom is 0.269 e. The molecule has 0 N–H and O–H groups in total. The Morgan fingerprint density at radius 2 is 1.91 bits per heavy atom. The van der Waals surface area contributed by atoms with Gasteiger partial charge in [-0.1, -0.05) is 54.3 Å². The molecule has 1 fully saturated rings. The van der Waals surface area contributed by atoms with Gasteiger partial charge in [0.25, 0.3) is 11.5 Å². The molecule has 3 aromatic heterocycles. The zero-order valence-corrected chi connectivity index (χ0v) is 20.4. The maximum atomic E-state index is 13.0. The third-order valence-electron chi connectivity index (χ3n) is 4.99. The van der Waals surface area contributed by atoms with Crippen molar-refractivity contribution >= 4 is 78.3 Å². The van der Waals surface area contributed by atoms with Crippen LogP contribution in [0.5, 0.6) is 0 Å². The lowest BCUT2D eigenvalue weighted by Crippen LogP contribution is -2.33. The molecule has 0 atom stereocenters. The minimum atomic E-state index is -0.146. The van der Waals surface area contributed by atoms with Crippen LogP contribution in [-0.4, -0.2) is 31.2 Å².